The first-order valence-corrected chi connectivity index (χ1v) is 14.0. The fourth-order valence-corrected chi connectivity index (χ4v) is 5.40. The predicted molar refractivity (Wildman–Crippen MR) is 162 cm³/mol. The summed E-state index contributed by atoms with van der Waals surface area (Å²) in [5.74, 6) is 1.64. The fraction of sp³-hybridized carbons (Fsp3) is 0.355. The molecule has 40 heavy (non-hydrogen) atoms. The van der Waals surface area contributed by atoms with Gasteiger partial charge >= 0.3 is 0 Å². The maximum Gasteiger partial charge on any atom is 0.271 e. The highest BCUT2D eigenvalue weighted by molar-refractivity contribution is 5.90. The van der Waals surface area contributed by atoms with Crippen LogP contribution in [-0.2, 0) is 13.0 Å². The van der Waals surface area contributed by atoms with E-state index in [2.05, 4.69) is 40.2 Å². The Balaban J connectivity index is 1.10. The zero-order chi connectivity index (χ0) is 27.9. The third kappa shape index (κ3) is 6.84. The van der Waals surface area contributed by atoms with Crippen molar-refractivity contribution in [3.8, 4) is 0 Å². The first-order chi connectivity index (χ1) is 19.5. The largest absolute Gasteiger partial charge is 0.381 e. The molecule has 1 heterocycles. The average Bonchev–Trinajstić information content (AvgIpc) is 2.97. The van der Waals surface area contributed by atoms with Gasteiger partial charge in [-0.3, -0.25) is 10.1 Å². The van der Waals surface area contributed by atoms with E-state index in [1.807, 2.05) is 49.3 Å². The van der Waals surface area contributed by atoms with Crippen molar-refractivity contribution in [3.63, 3.8) is 0 Å². The number of nitro groups is 1. The lowest BCUT2D eigenvalue weighted by atomic mass is 9.91. The number of para-hydroxylation sites is 1. The van der Waals surface area contributed by atoms with Gasteiger partial charge in [-0.1, -0.05) is 42.5 Å². The van der Waals surface area contributed by atoms with E-state index in [0.717, 1.165) is 61.1 Å². The van der Waals surface area contributed by atoms with Crippen LogP contribution in [0.4, 0.5) is 23.1 Å². The van der Waals surface area contributed by atoms with Gasteiger partial charge in [0.05, 0.1) is 10.4 Å². The van der Waals surface area contributed by atoms with E-state index >= 15 is 0 Å². The standard InChI is InChI=1S/C31H37N7O2/c1-37(2)30-28-12-5-6-13-29(28)35-31(36-30)34-25-16-14-24(15-17-25)32-19-18-22-8-3-4-9-23(22)21-33-26-10-7-11-27(20-26)38(39)40/h3-13,20,24-25,32-33H,14-19,21H2,1-2H3,(H,34,35,36). The number of nitro benzene ring substituents is 1. The molecule has 1 aliphatic carbocycles. The Morgan fingerprint density at radius 2 is 1.62 bits per heavy atom. The lowest BCUT2D eigenvalue weighted by Gasteiger charge is -2.30. The molecule has 3 N–H and O–H groups in total. The number of anilines is 3. The minimum absolute atomic E-state index is 0.0931. The van der Waals surface area contributed by atoms with Gasteiger partial charge in [-0.2, -0.15) is 4.98 Å². The molecule has 0 saturated heterocycles. The van der Waals surface area contributed by atoms with Crippen LogP contribution in [0.2, 0.25) is 0 Å². The number of aromatic nitrogens is 2. The van der Waals surface area contributed by atoms with Crippen molar-refractivity contribution in [1.29, 1.82) is 0 Å². The van der Waals surface area contributed by atoms with Crippen LogP contribution in [0.1, 0.15) is 36.8 Å². The summed E-state index contributed by atoms with van der Waals surface area (Å²) in [6.45, 7) is 1.54. The Bertz CT molecular complexity index is 1450. The first kappa shape index (κ1) is 27.3. The molecule has 3 aromatic carbocycles. The summed E-state index contributed by atoms with van der Waals surface area (Å²) in [5.41, 5.74) is 4.29. The van der Waals surface area contributed by atoms with Crippen LogP contribution >= 0.6 is 0 Å². The summed E-state index contributed by atoms with van der Waals surface area (Å²) in [4.78, 5) is 22.3. The zero-order valence-electron chi connectivity index (χ0n) is 23.1. The molecule has 4 aromatic rings. The van der Waals surface area contributed by atoms with E-state index in [-0.39, 0.29) is 10.6 Å². The summed E-state index contributed by atoms with van der Waals surface area (Å²) in [7, 11) is 4.03. The molecule has 0 aliphatic heterocycles. The molecule has 208 valence electrons. The monoisotopic (exact) mass is 539 g/mol. The lowest BCUT2D eigenvalue weighted by molar-refractivity contribution is -0.384. The van der Waals surface area contributed by atoms with E-state index in [1.165, 1.54) is 17.2 Å². The molecular weight excluding hydrogens is 502 g/mol. The van der Waals surface area contributed by atoms with Crippen molar-refractivity contribution >= 4 is 34.0 Å². The van der Waals surface area contributed by atoms with Gasteiger partial charge in [0.15, 0.2) is 0 Å². The van der Waals surface area contributed by atoms with E-state index in [0.29, 0.717) is 24.6 Å². The maximum absolute atomic E-state index is 11.1. The van der Waals surface area contributed by atoms with Gasteiger partial charge < -0.3 is 20.9 Å². The highest BCUT2D eigenvalue weighted by atomic mass is 16.6. The number of fused-ring (bicyclic) bond motifs is 1. The number of rotatable bonds is 11. The van der Waals surface area contributed by atoms with Gasteiger partial charge in [0.25, 0.3) is 5.69 Å². The Morgan fingerprint density at radius 3 is 2.40 bits per heavy atom. The van der Waals surface area contributed by atoms with Crippen molar-refractivity contribution in [2.75, 3.05) is 36.2 Å². The number of non-ortho nitro benzene ring substituents is 1. The molecule has 0 radical (unpaired) electrons. The highest BCUT2D eigenvalue weighted by Gasteiger charge is 2.22. The minimum Gasteiger partial charge on any atom is -0.381 e. The Morgan fingerprint density at radius 1 is 0.900 bits per heavy atom. The van der Waals surface area contributed by atoms with E-state index < -0.39 is 0 Å². The first-order valence-electron chi connectivity index (χ1n) is 14.0. The third-order valence-electron chi connectivity index (χ3n) is 7.55. The quantitative estimate of drug-likeness (QED) is 0.163. The number of nitrogens with one attached hydrogen (secondary N) is 3. The van der Waals surface area contributed by atoms with E-state index in [1.54, 1.807) is 12.1 Å². The van der Waals surface area contributed by atoms with Crippen LogP contribution in [0.25, 0.3) is 10.9 Å². The van der Waals surface area contributed by atoms with Gasteiger partial charge in [0.1, 0.15) is 5.82 Å². The van der Waals surface area contributed by atoms with E-state index in [4.69, 9.17) is 9.97 Å². The second kappa shape index (κ2) is 12.7. The Labute approximate surface area is 235 Å². The smallest absolute Gasteiger partial charge is 0.271 e. The minimum atomic E-state index is -0.369. The molecule has 9 nitrogen and oxygen atoms in total. The summed E-state index contributed by atoms with van der Waals surface area (Å²) >= 11 is 0. The lowest BCUT2D eigenvalue weighted by Crippen LogP contribution is -2.38. The molecule has 1 fully saturated rings. The van der Waals surface area contributed by atoms with Gasteiger partial charge in [0.2, 0.25) is 5.95 Å². The SMILES string of the molecule is CN(C)c1nc(NC2CCC(NCCc3ccccc3CNc3cccc([N+](=O)[O-])c3)CC2)nc2ccccc12. The molecule has 0 amide bonds. The normalized spacial score (nSPS) is 16.9. The van der Waals surface area contributed by atoms with Gasteiger partial charge in [-0.15, -0.1) is 0 Å². The van der Waals surface area contributed by atoms with Crippen LogP contribution in [-0.4, -0.2) is 47.6 Å². The topological polar surface area (TPSA) is 108 Å². The average molecular weight is 540 g/mol. The molecule has 0 unspecified atom stereocenters. The summed E-state index contributed by atoms with van der Waals surface area (Å²) in [6.07, 6.45) is 5.32. The van der Waals surface area contributed by atoms with Crippen LogP contribution in [0, 0.1) is 10.1 Å². The van der Waals surface area contributed by atoms with Crippen LogP contribution in [0.5, 0.6) is 0 Å². The van der Waals surface area contributed by atoms with Crippen LogP contribution in [0.15, 0.2) is 72.8 Å². The van der Waals surface area contributed by atoms with Gasteiger partial charge in [0, 0.05) is 55.9 Å². The molecular formula is C31H37N7O2. The molecule has 9 heteroatoms. The van der Waals surface area contributed by atoms with Crippen molar-refractivity contribution in [3.05, 3.63) is 94.0 Å². The van der Waals surface area contributed by atoms with Crippen LogP contribution in [0.3, 0.4) is 0 Å². The zero-order valence-corrected chi connectivity index (χ0v) is 23.1. The molecule has 0 spiro atoms. The Hall–Kier alpha value is -4.24. The second-order valence-corrected chi connectivity index (χ2v) is 10.6. The maximum atomic E-state index is 11.1. The van der Waals surface area contributed by atoms with Gasteiger partial charge in [-0.25, -0.2) is 4.98 Å². The van der Waals surface area contributed by atoms with Crippen molar-refractivity contribution in [2.45, 2.75) is 50.7 Å². The summed E-state index contributed by atoms with van der Waals surface area (Å²) < 4.78 is 0. The number of hydrogen-bond donors (Lipinski definition) is 3. The van der Waals surface area contributed by atoms with E-state index in [9.17, 15) is 10.1 Å². The molecule has 1 aromatic heterocycles. The number of benzene rings is 3. The molecule has 1 aliphatic rings. The highest BCUT2D eigenvalue weighted by Crippen LogP contribution is 2.26. The number of hydrogen-bond acceptors (Lipinski definition) is 8. The molecule has 0 atom stereocenters. The Kier molecular flexibility index (Phi) is 8.71. The van der Waals surface area contributed by atoms with Crippen molar-refractivity contribution < 1.29 is 4.92 Å². The number of nitrogens with zero attached hydrogens (tertiary/aromatic N) is 4. The van der Waals surface area contributed by atoms with Crippen molar-refractivity contribution in [2.24, 2.45) is 0 Å². The van der Waals surface area contributed by atoms with Crippen LogP contribution < -0.4 is 20.9 Å². The molecule has 0 bridgehead atoms. The summed E-state index contributed by atoms with van der Waals surface area (Å²) in [5, 5.41) is 22.8. The summed E-state index contributed by atoms with van der Waals surface area (Å²) in [6, 6.07) is 24.0. The molecule has 1 saturated carbocycles. The fourth-order valence-electron chi connectivity index (χ4n) is 5.40. The second-order valence-electron chi connectivity index (χ2n) is 10.6. The van der Waals surface area contributed by atoms with Gasteiger partial charge in [-0.05, 0) is 68.0 Å². The molecule has 5 rings (SSSR count). The third-order valence-corrected chi connectivity index (χ3v) is 7.55. The van der Waals surface area contributed by atoms with Crippen molar-refractivity contribution in [1.82, 2.24) is 15.3 Å². The predicted octanol–water partition coefficient (Wildman–Crippen LogP) is 5.77.